The number of oxime groups is 1. The molecule has 194 valence electrons. The molecule has 6 heteroatoms. The second-order valence-electron chi connectivity index (χ2n) is 12.9. The number of amides is 1. The minimum atomic E-state index is -0.376. The normalized spacial score (nSPS) is 42.1. The van der Waals surface area contributed by atoms with Crippen molar-refractivity contribution in [1.82, 2.24) is 10.2 Å². The lowest BCUT2D eigenvalue weighted by atomic mass is 9.44. The smallest absolute Gasteiger partial charge is 0.393 e. The van der Waals surface area contributed by atoms with Crippen molar-refractivity contribution < 1.29 is 14.7 Å². The van der Waals surface area contributed by atoms with Gasteiger partial charge in [0.15, 0.2) is 0 Å². The summed E-state index contributed by atoms with van der Waals surface area (Å²) in [5, 5.41) is 18.0. The van der Waals surface area contributed by atoms with E-state index in [9.17, 15) is 9.90 Å². The molecule has 0 unspecified atom stereocenters. The van der Waals surface area contributed by atoms with E-state index >= 15 is 0 Å². The molecule has 6 nitrogen and oxygen atoms in total. The summed E-state index contributed by atoms with van der Waals surface area (Å²) in [7, 11) is 1.77. The van der Waals surface area contributed by atoms with Gasteiger partial charge in [0.25, 0.3) is 0 Å². The highest BCUT2D eigenvalue weighted by Gasteiger charge is 2.60. The van der Waals surface area contributed by atoms with Crippen LogP contribution in [0.4, 0.5) is 4.79 Å². The van der Waals surface area contributed by atoms with Crippen LogP contribution < -0.4 is 5.32 Å². The summed E-state index contributed by atoms with van der Waals surface area (Å²) >= 11 is 0. The topological polar surface area (TPSA) is 74.2 Å². The van der Waals surface area contributed by atoms with Gasteiger partial charge in [0.05, 0.1) is 11.8 Å². The van der Waals surface area contributed by atoms with Crippen LogP contribution in [0.25, 0.3) is 0 Å². The molecule has 0 aromatic heterocycles. The molecule has 8 atom stereocenters. The molecule has 0 bridgehead atoms. The van der Waals surface area contributed by atoms with Crippen molar-refractivity contribution in [1.29, 1.82) is 0 Å². The molecule has 0 aromatic carbocycles. The van der Waals surface area contributed by atoms with Crippen LogP contribution in [0.2, 0.25) is 0 Å². The van der Waals surface area contributed by atoms with Gasteiger partial charge in [0.1, 0.15) is 0 Å². The highest BCUT2D eigenvalue weighted by molar-refractivity contribution is 5.85. The van der Waals surface area contributed by atoms with Gasteiger partial charge in [-0.05, 0) is 99.2 Å². The van der Waals surface area contributed by atoms with Crippen LogP contribution in [0.1, 0.15) is 92.4 Å². The number of carbonyl (C=O) groups excluding carboxylic acids is 1. The minimum Gasteiger partial charge on any atom is -0.393 e. The molecule has 1 amide bonds. The van der Waals surface area contributed by atoms with E-state index in [1.54, 1.807) is 11.9 Å². The third-order valence-electron chi connectivity index (χ3n) is 10.7. The van der Waals surface area contributed by atoms with E-state index in [1.807, 2.05) is 0 Å². The largest absolute Gasteiger partial charge is 0.435 e. The van der Waals surface area contributed by atoms with Crippen LogP contribution in [0.5, 0.6) is 0 Å². The van der Waals surface area contributed by atoms with E-state index in [4.69, 9.17) is 4.84 Å². The van der Waals surface area contributed by atoms with Gasteiger partial charge in [-0.1, -0.05) is 32.9 Å². The molecule has 2 N–H and O–H groups in total. The minimum absolute atomic E-state index is 0.0774. The molecule has 4 aliphatic carbocycles. The molecule has 0 aliphatic heterocycles. The van der Waals surface area contributed by atoms with E-state index in [0.717, 1.165) is 49.3 Å². The van der Waals surface area contributed by atoms with Gasteiger partial charge in [-0.3, -0.25) is 4.84 Å². The molecule has 0 saturated heterocycles. The lowest BCUT2D eigenvalue weighted by Crippen LogP contribution is -2.54. The van der Waals surface area contributed by atoms with Crippen molar-refractivity contribution in [2.24, 2.45) is 45.6 Å². The number of aliphatic hydroxyl groups is 1. The van der Waals surface area contributed by atoms with Crippen molar-refractivity contribution in [3.63, 3.8) is 0 Å². The predicted octanol–water partition coefficient (Wildman–Crippen LogP) is 5.45. The van der Waals surface area contributed by atoms with Crippen LogP contribution in [0.3, 0.4) is 0 Å². The molecule has 4 aliphatic rings. The average Bonchev–Trinajstić information content (AvgIpc) is 3.14. The number of nitrogens with zero attached hydrogens (tertiary/aromatic N) is 2. The molecular formula is C28H49N3O3. The number of fused-ring (bicyclic) bond motifs is 5. The highest BCUT2D eigenvalue weighted by Crippen LogP contribution is 2.67. The number of likely N-dealkylation sites (N-methyl/N-ethyl adjacent to an activating group) is 1. The third kappa shape index (κ3) is 4.78. The zero-order valence-electron chi connectivity index (χ0n) is 22.5. The summed E-state index contributed by atoms with van der Waals surface area (Å²) in [6, 6.07) is 0.401. The third-order valence-corrected chi connectivity index (χ3v) is 10.7. The average molecular weight is 476 g/mol. The Bertz CT molecular complexity index is 770. The fourth-order valence-electron chi connectivity index (χ4n) is 8.78. The fourth-order valence-corrected chi connectivity index (χ4v) is 8.78. The van der Waals surface area contributed by atoms with E-state index < -0.39 is 0 Å². The standard InChI is InChI=1S/C28H49N3O3/c1-18(2)29-15-16-31(6)26(33)34-30-19(3)23-9-10-24-22-8-7-20-17-21(32)11-13-27(20,4)25(22)12-14-28(23,24)5/h18,20-25,29,32H,7-17H2,1-6H3/b30-19+/t20-,21+,22-,23+,24-,25-,27-,28+/m0/s1. The number of hydrogen-bond donors (Lipinski definition) is 2. The van der Waals surface area contributed by atoms with E-state index in [1.165, 1.54) is 38.5 Å². The molecule has 0 radical (unpaired) electrons. The van der Waals surface area contributed by atoms with Crippen LogP contribution in [-0.2, 0) is 4.84 Å². The van der Waals surface area contributed by atoms with Gasteiger partial charge < -0.3 is 15.3 Å². The SMILES string of the molecule is C/C(=N\OC(=O)N(C)CCNC(C)C)[C@H]1CC[C@H]2[C@@H]3CC[C@H]4C[C@H](O)CC[C@]4(C)[C@H]3CC[C@]12C. The Balaban J connectivity index is 1.39. The predicted molar refractivity (Wildman–Crippen MR) is 137 cm³/mol. The Morgan fingerprint density at radius 1 is 1.09 bits per heavy atom. The summed E-state index contributed by atoms with van der Waals surface area (Å²) in [6.45, 7) is 12.7. The van der Waals surface area contributed by atoms with E-state index in [-0.39, 0.29) is 17.6 Å². The molecule has 0 heterocycles. The zero-order valence-corrected chi connectivity index (χ0v) is 22.5. The first-order chi connectivity index (χ1) is 16.1. The first-order valence-electron chi connectivity index (χ1n) is 13.9. The Morgan fingerprint density at radius 3 is 2.53 bits per heavy atom. The molecule has 0 aromatic rings. The van der Waals surface area contributed by atoms with Crippen LogP contribution in [0, 0.1) is 40.4 Å². The van der Waals surface area contributed by atoms with Crippen molar-refractivity contribution in [2.75, 3.05) is 20.1 Å². The van der Waals surface area contributed by atoms with Gasteiger partial charge in [-0.25, -0.2) is 4.79 Å². The van der Waals surface area contributed by atoms with E-state index in [2.05, 4.69) is 45.1 Å². The lowest BCUT2D eigenvalue weighted by Gasteiger charge is -2.61. The van der Waals surface area contributed by atoms with Crippen LogP contribution >= 0.6 is 0 Å². The molecular weight excluding hydrogens is 426 g/mol. The molecule has 34 heavy (non-hydrogen) atoms. The van der Waals surface area contributed by atoms with Gasteiger partial charge in [-0.15, -0.1) is 0 Å². The fraction of sp³-hybridized carbons (Fsp3) is 0.929. The van der Waals surface area contributed by atoms with Gasteiger partial charge >= 0.3 is 6.09 Å². The summed E-state index contributed by atoms with van der Waals surface area (Å²) in [5.74, 6) is 3.45. The number of rotatable bonds is 6. The lowest BCUT2D eigenvalue weighted by molar-refractivity contribution is -0.123. The second-order valence-corrected chi connectivity index (χ2v) is 12.9. The number of nitrogens with one attached hydrogen (secondary N) is 1. The monoisotopic (exact) mass is 475 g/mol. The molecule has 4 fully saturated rings. The first-order valence-corrected chi connectivity index (χ1v) is 13.9. The van der Waals surface area contributed by atoms with Crippen molar-refractivity contribution in [3.05, 3.63) is 0 Å². The molecule has 4 saturated carbocycles. The van der Waals surface area contributed by atoms with Gasteiger partial charge in [0.2, 0.25) is 0 Å². The zero-order chi connectivity index (χ0) is 24.7. The number of aliphatic hydroxyl groups excluding tert-OH is 1. The molecule has 0 spiro atoms. The van der Waals surface area contributed by atoms with Gasteiger partial charge in [0, 0.05) is 32.1 Å². The summed E-state index contributed by atoms with van der Waals surface area (Å²) in [5.41, 5.74) is 1.66. The summed E-state index contributed by atoms with van der Waals surface area (Å²) in [4.78, 5) is 19.4. The summed E-state index contributed by atoms with van der Waals surface area (Å²) < 4.78 is 0. The number of carbonyl (C=O) groups is 1. The maximum atomic E-state index is 12.4. The highest BCUT2D eigenvalue weighted by atomic mass is 16.7. The van der Waals surface area contributed by atoms with Gasteiger partial charge in [-0.2, -0.15) is 0 Å². The second kappa shape index (κ2) is 10.1. The Hall–Kier alpha value is -1.14. The van der Waals surface area contributed by atoms with Crippen molar-refractivity contribution in [2.45, 2.75) is 105 Å². The maximum Gasteiger partial charge on any atom is 0.435 e. The Labute approximate surface area is 207 Å². The molecule has 4 rings (SSSR count). The first kappa shape index (κ1) is 25.9. The van der Waals surface area contributed by atoms with E-state index in [0.29, 0.717) is 29.8 Å². The summed E-state index contributed by atoms with van der Waals surface area (Å²) in [6.07, 6.45) is 10.3. The Morgan fingerprint density at radius 2 is 1.79 bits per heavy atom. The van der Waals surface area contributed by atoms with Crippen LogP contribution in [0.15, 0.2) is 5.16 Å². The Kier molecular flexibility index (Phi) is 7.69. The van der Waals surface area contributed by atoms with Crippen LogP contribution in [-0.4, -0.2) is 54.1 Å². The quantitative estimate of drug-likeness (QED) is 0.304. The maximum absolute atomic E-state index is 12.4. The van der Waals surface area contributed by atoms with Crippen molar-refractivity contribution >= 4 is 11.8 Å². The van der Waals surface area contributed by atoms with Crippen molar-refractivity contribution in [3.8, 4) is 0 Å². The number of hydrogen-bond acceptors (Lipinski definition) is 5.